The summed E-state index contributed by atoms with van der Waals surface area (Å²) in [5.74, 6) is -0.345. The molecule has 0 aliphatic carbocycles. The van der Waals surface area contributed by atoms with Crippen LogP contribution in [0.5, 0.6) is 0 Å². The number of halogens is 1. The molecule has 2 heterocycles. The molecule has 1 atom stereocenters. The Morgan fingerprint density at radius 3 is 3.11 bits per heavy atom. The van der Waals surface area contributed by atoms with Crippen LogP contribution in [0.1, 0.15) is 17.7 Å². The SMILES string of the molecule is N#C/C(=C\c1ccc(Br)s1)C(=O)NCC1CCCO1. The van der Waals surface area contributed by atoms with Crippen molar-refractivity contribution in [3.05, 3.63) is 26.4 Å². The molecule has 1 fully saturated rings. The second-order valence-corrected chi connectivity index (χ2v) is 6.65. The molecular weight excluding hydrogens is 328 g/mol. The van der Waals surface area contributed by atoms with E-state index in [9.17, 15) is 4.79 Å². The van der Waals surface area contributed by atoms with Crippen LogP contribution in [-0.4, -0.2) is 25.2 Å². The van der Waals surface area contributed by atoms with E-state index >= 15 is 0 Å². The molecule has 1 N–H and O–H groups in total. The minimum atomic E-state index is -0.345. The van der Waals surface area contributed by atoms with Crippen LogP contribution >= 0.6 is 27.3 Å². The van der Waals surface area contributed by atoms with Crippen molar-refractivity contribution in [2.45, 2.75) is 18.9 Å². The molecule has 1 unspecified atom stereocenters. The first kappa shape index (κ1) is 14.3. The Morgan fingerprint density at radius 2 is 2.53 bits per heavy atom. The molecule has 1 amide bonds. The van der Waals surface area contributed by atoms with Crippen LogP contribution in [0, 0.1) is 11.3 Å². The van der Waals surface area contributed by atoms with E-state index in [-0.39, 0.29) is 17.6 Å². The zero-order valence-corrected chi connectivity index (χ0v) is 12.6. The maximum absolute atomic E-state index is 11.9. The number of thiophene rings is 1. The van der Waals surface area contributed by atoms with Gasteiger partial charge in [-0.15, -0.1) is 11.3 Å². The van der Waals surface area contributed by atoms with Gasteiger partial charge in [-0.1, -0.05) is 0 Å². The molecule has 19 heavy (non-hydrogen) atoms. The number of rotatable bonds is 4. The minimum Gasteiger partial charge on any atom is -0.376 e. The van der Waals surface area contributed by atoms with Gasteiger partial charge in [0.15, 0.2) is 0 Å². The first-order chi connectivity index (χ1) is 9.19. The van der Waals surface area contributed by atoms with Gasteiger partial charge in [-0.2, -0.15) is 5.26 Å². The van der Waals surface area contributed by atoms with Gasteiger partial charge >= 0.3 is 0 Å². The zero-order valence-electron chi connectivity index (χ0n) is 10.2. The fourth-order valence-electron chi connectivity index (χ4n) is 1.80. The molecule has 6 heteroatoms. The van der Waals surface area contributed by atoms with E-state index in [1.165, 1.54) is 11.3 Å². The Hall–Kier alpha value is -1.16. The number of carbonyl (C=O) groups is 1. The van der Waals surface area contributed by atoms with Crippen LogP contribution < -0.4 is 5.32 Å². The molecule has 1 saturated heterocycles. The molecule has 0 radical (unpaired) electrons. The van der Waals surface area contributed by atoms with Gasteiger partial charge in [0.25, 0.3) is 5.91 Å². The smallest absolute Gasteiger partial charge is 0.262 e. The van der Waals surface area contributed by atoms with Crippen LogP contribution in [0.2, 0.25) is 0 Å². The van der Waals surface area contributed by atoms with Crippen molar-refractivity contribution >= 4 is 39.2 Å². The largest absolute Gasteiger partial charge is 0.376 e. The Balaban J connectivity index is 1.95. The summed E-state index contributed by atoms with van der Waals surface area (Å²) in [6.45, 7) is 1.22. The molecule has 0 spiro atoms. The van der Waals surface area contributed by atoms with Crippen molar-refractivity contribution in [3.63, 3.8) is 0 Å². The van der Waals surface area contributed by atoms with Crippen LogP contribution in [0.4, 0.5) is 0 Å². The van der Waals surface area contributed by atoms with E-state index in [1.54, 1.807) is 6.08 Å². The molecule has 0 saturated carbocycles. The van der Waals surface area contributed by atoms with E-state index < -0.39 is 0 Å². The van der Waals surface area contributed by atoms with Gasteiger partial charge in [0, 0.05) is 18.0 Å². The van der Waals surface area contributed by atoms with Gasteiger partial charge in [-0.3, -0.25) is 4.79 Å². The van der Waals surface area contributed by atoms with Crippen molar-refractivity contribution in [2.24, 2.45) is 0 Å². The van der Waals surface area contributed by atoms with Crippen molar-refractivity contribution in [2.75, 3.05) is 13.2 Å². The maximum atomic E-state index is 11.9. The van der Waals surface area contributed by atoms with Crippen molar-refractivity contribution in [1.82, 2.24) is 5.32 Å². The Kier molecular flexibility index (Phi) is 5.14. The molecule has 1 aromatic rings. The van der Waals surface area contributed by atoms with E-state index in [4.69, 9.17) is 10.00 Å². The third-order valence-corrected chi connectivity index (χ3v) is 4.33. The van der Waals surface area contributed by atoms with E-state index in [2.05, 4.69) is 21.2 Å². The van der Waals surface area contributed by atoms with Crippen LogP contribution in [0.3, 0.4) is 0 Å². The predicted octanol–water partition coefficient (Wildman–Crippen LogP) is 2.71. The topological polar surface area (TPSA) is 62.1 Å². The summed E-state index contributed by atoms with van der Waals surface area (Å²) in [6.07, 6.45) is 3.68. The second kappa shape index (κ2) is 6.85. The van der Waals surface area contributed by atoms with E-state index in [0.717, 1.165) is 28.1 Å². The van der Waals surface area contributed by atoms with Gasteiger partial charge in [-0.25, -0.2) is 0 Å². The Labute approximate surface area is 124 Å². The Bertz CT molecular complexity index is 527. The van der Waals surface area contributed by atoms with Gasteiger partial charge in [0.2, 0.25) is 0 Å². The molecule has 1 aliphatic rings. The van der Waals surface area contributed by atoms with Gasteiger partial charge in [0.05, 0.1) is 9.89 Å². The number of carbonyl (C=O) groups excluding carboxylic acids is 1. The summed E-state index contributed by atoms with van der Waals surface area (Å²) in [5.41, 5.74) is 0.118. The standard InChI is InChI=1S/C13H13BrN2O2S/c14-12-4-3-11(19-12)6-9(7-15)13(17)16-8-10-2-1-5-18-10/h3-4,6,10H,1-2,5,8H2,(H,16,17)/b9-6+. The predicted molar refractivity (Wildman–Crippen MR) is 77.6 cm³/mol. The highest BCUT2D eigenvalue weighted by Crippen LogP contribution is 2.24. The third kappa shape index (κ3) is 4.16. The molecule has 4 nitrogen and oxygen atoms in total. The summed E-state index contributed by atoms with van der Waals surface area (Å²) in [4.78, 5) is 12.7. The lowest BCUT2D eigenvalue weighted by atomic mass is 10.2. The van der Waals surface area contributed by atoms with Gasteiger partial charge in [0.1, 0.15) is 11.6 Å². The Morgan fingerprint density at radius 1 is 1.68 bits per heavy atom. The van der Waals surface area contributed by atoms with Crippen LogP contribution in [-0.2, 0) is 9.53 Å². The third-order valence-electron chi connectivity index (χ3n) is 2.76. The number of nitrogens with one attached hydrogen (secondary N) is 1. The fourth-order valence-corrected chi connectivity index (χ4v) is 3.17. The molecule has 0 bridgehead atoms. The number of hydrogen-bond acceptors (Lipinski definition) is 4. The number of amides is 1. The number of nitrogens with zero attached hydrogens (tertiary/aromatic N) is 1. The lowest BCUT2D eigenvalue weighted by Gasteiger charge is -2.09. The summed E-state index contributed by atoms with van der Waals surface area (Å²) in [7, 11) is 0. The average molecular weight is 341 g/mol. The summed E-state index contributed by atoms with van der Waals surface area (Å²) < 4.78 is 6.39. The van der Waals surface area contributed by atoms with E-state index in [0.29, 0.717) is 6.54 Å². The maximum Gasteiger partial charge on any atom is 0.262 e. The van der Waals surface area contributed by atoms with Gasteiger partial charge in [-0.05, 0) is 47.0 Å². The highest BCUT2D eigenvalue weighted by atomic mass is 79.9. The lowest BCUT2D eigenvalue weighted by Crippen LogP contribution is -2.32. The zero-order chi connectivity index (χ0) is 13.7. The van der Waals surface area contributed by atoms with Crippen LogP contribution in [0.15, 0.2) is 21.5 Å². The molecule has 100 valence electrons. The average Bonchev–Trinajstić information content (AvgIpc) is 3.04. The molecule has 0 aromatic carbocycles. The van der Waals surface area contributed by atoms with Crippen molar-refractivity contribution in [3.8, 4) is 6.07 Å². The molecule has 1 aromatic heterocycles. The number of nitriles is 1. The fraction of sp³-hybridized carbons (Fsp3) is 0.385. The highest BCUT2D eigenvalue weighted by Gasteiger charge is 2.17. The summed E-state index contributed by atoms with van der Waals surface area (Å²) in [5, 5.41) is 11.8. The van der Waals surface area contributed by atoms with Crippen molar-refractivity contribution in [1.29, 1.82) is 5.26 Å². The minimum absolute atomic E-state index is 0.0831. The normalized spacial score (nSPS) is 19.2. The highest BCUT2D eigenvalue weighted by molar-refractivity contribution is 9.11. The quantitative estimate of drug-likeness (QED) is 0.677. The number of ether oxygens (including phenoxy) is 1. The summed E-state index contributed by atoms with van der Waals surface area (Å²) in [6, 6.07) is 5.68. The van der Waals surface area contributed by atoms with E-state index in [1.807, 2.05) is 18.2 Å². The summed E-state index contributed by atoms with van der Waals surface area (Å²) >= 11 is 4.82. The first-order valence-corrected chi connectivity index (χ1v) is 7.57. The number of hydrogen-bond donors (Lipinski definition) is 1. The monoisotopic (exact) mass is 340 g/mol. The van der Waals surface area contributed by atoms with Crippen LogP contribution in [0.25, 0.3) is 6.08 Å². The lowest BCUT2D eigenvalue weighted by molar-refractivity contribution is -0.117. The first-order valence-electron chi connectivity index (χ1n) is 5.96. The second-order valence-electron chi connectivity index (χ2n) is 4.16. The van der Waals surface area contributed by atoms with Crippen molar-refractivity contribution < 1.29 is 9.53 Å². The molecule has 2 rings (SSSR count). The molecule has 1 aliphatic heterocycles. The molecular formula is C13H13BrN2O2S. The van der Waals surface area contributed by atoms with Gasteiger partial charge < -0.3 is 10.1 Å².